The number of piperidine rings is 1. The van der Waals surface area contributed by atoms with E-state index in [-0.39, 0.29) is 11.9 Å². The number of alkyl halides is 3. The van der Waals surface area contributed by atoms with E-state index in [4.69, 9.17) is 4.74 Å². The van der Waals surface area contributed by atoms with Gasteiger partial charge in [0.05, 0.1) is 0 Å². The van der Waals surface area contributed by atoms with E-state index in [0.29, 0.717) is 0 Å². The molecule has 0 radical (unpaired) electrons. The number of halogens is 3. The lowest BCUT2D eigenvalue weighted by atomic mass is 10.1. The molecule has 2 nitrogen and oxygen atoms in total. The zero-order chi connectivity index (χ0) is 12.3. The standard InChI is InChI=1S/C12H12F3NO/c13-12(14,15)9-2-1-3-11(8-9)17-10-4-6-16-7-5-10/h3,8,10,16H,4-7H2. The maximum atomic E-state index is 12.4. The third-order valence-electron chi connectivity index (χ3n) is 2.60. The predicted molar refractivity (Wildman–Crippen MR) is 55.6 cm³/mol. The summed E-state index contributed by atoms with van der Waals surface area (Å²) in [5, 5.41) is 3.16. The van der Waals surface area contributed by atoms with E-state index < -0.39 is 11.7 Å². The molecule has 0 aromatic heterocycles. The lowest BCUT2D eigenvalue weighted by molar-refractivity contribution is -0.137. The smallest absolute Gasteiger partial charge is 0.424 e. The molecule has 0 spiro atoms. The van der Waals surface area contributed by atoms with Crippen LogP contribution in [0.5, 0.6) is 5.75 Å². The van der Waals surface area contributed by atoms with Gasteiger partial charge in [0.1, 0.15) is 17.4 Å². The second kappa shape index (κ2) is 4.84. The minimum Gasteiger partial charge on any atom is -0.490 e. The minimum absolute atomic E-state index is 0.0202. The normalized spacial score (nSPS) is 17.6. The first-order valence-electron chi connectivity index (χ1n) is 5.44. The Morgan fingerprint density at radius 3 is 2.65 bits per heavy atom. The molecule has 17 heavy (non-hydrogen) atoms. The van der Waals surface area contributed by atoms with Gasteiger partial charge in [-0.05, 0) is 25.9 Å². The average Bonchev–Trinajstić information content (AvgIpc) is 2.29. The maximum Gasteiger partial charge on any atom is 0.424 e. The molecule has 1 heterocycles. The molecule has 0 unspecified atom stereocenters. The van der Waals surface area contributed by atoms with Crippen molar-refractivity contribution in [3.05, 3.63) is 29.8 Å². The third kappa shape index (κ3) is 3.27. The Morgan fingerprint density at radius 2 is 2.00 bits per heavy atom. The van der Waals surface area contributed by atoms with Gasteiger partial charge in [0, 0.05) is 12.1 Å². The van der Waals surface area contributed by atoms with Gasteiger partial charge in [-0.25, -0.2) is 0 Å². The van der Waals surface area contributed by atoms with Gasteiger partial charge in [-0.15, -0.1) is 0 Å². The van der Waals surface area contributed by atoms with Gasteiger partial charge in [0.25, 0.3) is 0 Å². The summed E-state index contributed by atoms with van der Waals surface area (Å²) in [4.78, 5) is 0. The first-order chi connectivity index (χ1) is 8.05. The predicted octanol–water partition coefficient (Wildman–Crippen LogP) is 2.44. The average molecular weight is 243 g/mol. The Labute approximate surface area is 97.8 Å². The quantitative estimate of drug-likeness (QED) is 0.861. The molecule has 1 fully saturated rings. The second-order valence-corrected chi connectivity index (χ2v) is 3.94. The number of hydrogen-bond donors (Lipinski definition) is 1. The molecule has 92 valence electrons. The highest BCUT2D eigenvalue weighted by Crippen LogP contribution is 2.30. The number of hydrogen-bond acceptors (Lipinski definition) is 2. The van der Waals surface area contributed by atoms with Crippen molar-refractivity contribution < 1.29 is 17.9 Å². The van der Waals surface area contributed by atoms with Crippen LogP contribution in [-0.4, -0.2) is 19.2 Å². The molecular formula is C12H12F3NO. The van der Waals surface area contributed by atoms with E-state index in [1.54, 1.807) is 0 Å². The Balaban J connectivity index is 2.05. The second-order valence-electron chi connectivity index (χ2n) is 3.94. The van der Waals surface area contributed by atoms with Crippen LogP contribution in [0.3, 0.4) is 0 Å². The Morgan fingerprint density at radius 1 is 1.29 bits per heavy atom. The molecule has 0 atom stereocenters. The van der Waals surface area contributed by atoms with Gasteiger partial charge in [-0.1, -0.05) is 12.1 Å². The van der Waals surface area contributed by atoms with Crippen LogP contribution in [0, 0.1) is 12.1 Å². The van der Waals surface area contributed by atoms with E-state index in [1.165, 1.54) is 6.07 Å². The lowest BCUT2D eigenvalue weighted by Crippen LogP contribution is -2.34. The fourth-order valence-corrected chi connectivity index (χ4v) is 1.73. The third-order valence-corrected chi connectivity index (χ3v) is 2.60. The molecule has 1 aliphatic heterocycles. The summed E-state index contributed by atoms with van der Waals surface area (Å²) in [6, 6.07) is 6.74. The first kappa shape index (κ1) is 12.1. The van der Waals surface area contributed by atoms with Crippen molar-refractivity contribution >= 4 is 0 Å². The molecule has 0 bridgehead atoms. The summed E-state index contributed by atoms with van der Waals surface area (Å²) < 4.78 is 42.8. The van der Waals surface area contributed by atoms with Crippen molar-refractivity contribution in [3.8, 4) is 5.75 Å². The van der Waals surface area contributed by atoms with Crippen molar-refractivity contribution in [1.82, 2.24) is 5.32 Å². The van der Waals surface area contributed by atoms with E-state index in [2.05, 4.69) is 11.4 Å². The highest BCUT2D eigenvalue weighted by Gasteiger charge is 2.31. The maximum absolute atomic E-state index is 12.4. The summed E-state index contributed by atoms with van der Waals surface area (Å²) >= 11 is 0. The van der Waals surface area contributed by atoms with Crippen LogP contribution in [0.25, 0.3) is 0 Å². The molecule has 1 aromatic rings. The summed E-state index contributed by atoms with van der Waals surface area (Å²) in [6.45, 7) is 1.67. The Bertz CT molecular complexity index is 372. The molecule has 5 heteroatoms. The fourth-order valence-electron chi connectivity index (χ4n) is 1.73. The Kier molecular flexibility index (Phi) is 3.43. The van der Waals surface area contributed by atoms with Crippen LogP contribution >= 0.6 is 0 Å². The van der Waals surface area contributed by atoms with Crippen molar-refractivity contribution in [1.29, 1.82) is 0 Å². The van der Waals surface area contributed by atoms with Crippen LogP contribution in [0.15, 0.2) is 12.1 Å². The van der Waals surface area contributed by atoms with Crippen molar-refractivity contribution in [2.45, 2.75) is 25.1 Å². The summed E-state index contributed by atoms with van der Waals surface area (Å²) in [6.07, 6.45) is -2.81. The van der Waals surface area contributed by atoms with E-state index in [9.17, 15) is 13.2 Å². The van der Waals surface area contributed by atoms with Crippen LogP contribution < -0.4 is 10.1 Å². The van der Waals surface area contributed by atoms with Crippen LogP contribution in [0.1, 0.15) is 18.4 Å². The number of ether oxygens (including phenoxy) is 1. The van der Waals surface area contributed by atoms with Gasteiger partial charge in [-0.2, -0.15) is 13.2 Å². The molecule has 0 amide bonds. The molecule has 0 aliphatic carbocycles. The zero-order valence-corrected chi connectivity index (χ0v) is 9.10. The van der Waals surface area contributed by atoms with E-state index >= 15 is 0 Å². The van der Waals surface area contributed by atoms with Crippen molar-refractivity contribution in [2.24, 2.45) is 0 Å². The lowest BCUT2D eigenvalue weighted by Gasteiger charge is -2.23. The number of nitrogens with one attached hydrogen (secondary N) is 1. The van der Waals surface area contributed by atoms with Crippen molar-refractivity contribution in [3.63, 3.8) is 0 Å². The molecular weight excluding hydrogens is 231 g/mol. The highest BCUT2D eigenvalue weighted by molar-refractivity contribution is 5.26. The van der Waals surface area contributed by atoms with Gasteiger partial charge in [0.2, 0.25) is 0 Å². The zero-order valence-electron chi connectivity index (χ0n) is 9.10. The molecule has 1 N–H and O–H groups in total. The molecule has 2 rings (SSSR count). The summed E-state index contributed by atoms with van der Waals surface area (Å²) in [5.74, 6) is 0.211. The van der Waals surface area contributed by atoms with Gasteiger partial charge in [0.15, 0.2) is 0 Å². The Hall–Kier alpha value is -1.41. The highest BCUT2D eigenvalue weighted by atomic mass is 19.4. The first-order valence-corrected chi connectivity index (χ1v) is 5.44. The summed E-state index contributed by atoms with van der Waals surface area (Å²) in [7, 11) is 0. The van der Waals surface area contributed by atoms with Crippen LogP contribution in [0.4, 0.5) is 13.2 Å². The fraction of sp³-hybridized carbons (Fsp3) is 0.500. The van der Waals surface area contributed by atoms with E-state index in [1.807, 2.05) is 6.07 Å². The SMILES string of the molecule is FC(F)(F)c1c#ccc(OC2CCNCC2)c1. The number of rotatable bonds is 2. The summed E-state index contributed by atoms with van der Waals surface area (Å²) in [5.41, 5.74) is -0.844. The monoisotopic (exact) mass is 243 g/mol. The largest absolute Gasteiger partial charge is 0.490 e. The molecule has 1 aromatic carbocycles. The topological polar surface area (TPSA) is 21.3 Å². The van der Waals surface area contributed by atoms with Crippen molar-refractivity contribution in [2.75, 3.05) is 13.1 Å². The minimum atomic E-state index is -4.40. The van der Waals surface area contributed by atoms with Gasteiger partial charge >= 0.3 is 6.18 Å². The van der Waals surface area contributed by atoms with E-state index in [0.717, 1.165) is 32.0 Å². The van der Waals surface area contributed by atoms with Crippen LogP contribution in [-0.2, 0) is 6.18 Å². The molecule has 1 saturated heterocycles. The van der Waals surface area contributed by atoms with Gasteiger partial charge in [-0.3, -0.25) is 0 Å². The molecule has 1 aliphatic rings. The molecule has 0 saturated carbocycles. The van der Waals surface area contributed by atoms with Gasteiger partial charge < -0.3 is 10.1 Å². The van der Waals surface area contributed by atoms with Crippen LogP contribution in [0.2, 0.25) is 0 Å².